The van der Waals surface area contributed by atoms with Gasteiger partial charge >= 0.3 is 0 Å². The second-order valence-electron chi connectivity index (χ2n) is 2.55. The van der Waals surface area contributed by atoms with E-state index in [9.17, 15) is 0 Å². The van der Waals surface area contributed by atoms with Crippen LogP contribution in [-0.2, 0) is 0 Å². The van der Waals surface area contributed by atoms with Crippen LogP contribution in [0, 0.1) is 6.92 Å². The molecule has 0 bridgehead atoms. The summed E-state index contributed by atoms with van der Waals surface area (Å²) < 4.78 is 0. The Morgan fingerprint density at radius 3 is 2.64 bits per heavy atom. The van der Waals surface area contributed by atoms with Crippen LogP contribution in [0.15, 0.2) is 30.8 Å². The van der Waals surface area contributed by atoms with Gasteiger partial charge in [0.2, 0.25) is 0 Å². The minimum absolute atomic E-state index is 0.263. The molecule has 1 aromatic carbocycles. The van der Waals surface area contributed by atoms with Crippen LogP contribution in [0.2, 0.25) is 0 Å². The molecule has 0 unspecified atom stereocenters. The zero-order valence-electron chi connectivity index (χ0n) is 6.60. The second kappa shape index (κ2) is 3.88. The predicted octanol–water partition coefficient (Wildman–Crippen LogP) is 2.44. The van der Waals surface area contributed by atoms with Gasteiger partial charge in [-0.25, -0.2) is 0 Å². The topological polar surface area (TPSA) is 0 Å². The molecule has 0 aliphatic carbocycles. The van der Waals surface area contributed by atoms with Crippen molar-refractivity contribution in [3.8, 4) is 0 Å². The molecule has 0 N–H and O–H groups in total. The van der Waals surface area contributed by atoms with Crippen LogP contribution < -0.4 is 0 Å². The normalized spacial score (nSPS) is 10.7. The van der Waals surface area contributed by atoms with E-state index >= 15 is 0 Å². The van der Waals surface area contributed by atoms with Crippen molar-refractivity contribution < 1.29 is 0 Å². The number of hydrogen-bond donors (Lipinski definition) is 0. The molecule has 58 valence electrons. The fraction of sp³-hybridized carbons (Fsp3) is 0.111. The molecule has 2 heteroatoms. The van der Waals surface area contributed by atoms with E-state index in [-0.39, 0.29) is 8.14 Å². The summed E-state index contributed by atoms with van der Waals surface area (Å²) in [4.78, 5) is 0. The molecular weight excluding hydrogens is 216 g/mol. The molecule has 11 heavy (non-hydrogen) atoms. The highest BCUT2D eigenvalue weighted by Gasteiger charge is 1.98. The van der Waals surface area contributed by atoms with Crippen LogP contribution in [0.3, 0.4) is 0 Å². The van der Waals surface area contributed by atoms with Gasteiger partial charge in [-0.05, 0) is 18.1 Å². The number of aryl methyl sites for hydroxylation is 1. The number of halogens is 1. The van der Waals surface area contributed by atoms with E-state index < -0.39 is 0 Å². The van der Waals surface area contributed by atoms with Crippen molar-refractivity contribution in [3.63, 3.8) is 0 Å². The molecule has 0 saturated carbocycles. The van der Waals surface area contributed by atoms with Crippen molar-refractivity contribution in [3.05, 3.63) is 42.0 Å². The molecule has 0 heterocycles. The number of benzene rings is 1. The van der Waals surface area contributed by atoms with Gasteiger partial charge in [-0.3, -0.25) is 0 Å². The molecule has 0 amide bonds. The average molecular weight is 227 g/mol. The van der Waals surface area contributed by atoms with Gasteiger partial charge in [0.05, 0.1) is 0 Å². The molecule has 0 fully saturated rings. The van der Waals surface area contributed by atoms with Crippen molar-refractivity contribution in [2.75, 3.05) is 0 Å². The number of hydrogen-bond acceptors (Lipinski definition) is 0. The predicted molar refractivity (Wildman–Crippen MR) is 57.7 cm³/mol. The van der Waals surface area contributed by atoms with Crippen LogP contribution >= 0.6 is 15.3 Å². The summed E-state index contributed by atoms with van der Waals surface area (Å²) in [6, 6.07) is 8.37. The Bertz CT molecular complexity index is 268. The maximum absolute atomic E-state index is 4.02. The van der Waals surface area contributed by atoms with Crippen LogP contribution in [0.25, 0.3) is 5.20 Å². The molecule has 0 aliphatic rings. The monoisotopic (exact) mass is 226 g/mol. The summed E-state index contributed by atoms with van der Waals surface area (Å²) in [5.41, 5.74) is 2.64. The number of rotatable bonds is 2. The summed E-state index contributed by atoms with van der Waals surface area (Å²) in [6.45, 7) is 6.14. The summed E-state index contributed by atoms with van der Waals surface area (Å²) >= 11 is 3.52. The lowest BCUT2D eigenvalue weighted by Crippen LogP contribution is -1.89. The average Bonchev–Trinajstić information content (AvgIpc) is 2.04. The van der Waals surface area contributed by atoms with Gasteiger partial charge < -0.3 is 0 Å². The fourth-order valence-corrected chi connectivity index (χ4v) is 2.49. The first-order valence-corrected chi connectivity index (χ1v) is 8.16. The first-order chi connectivity index (χ1) is 5.25. The Morgan fingerprint density at radius 1 is 1.45 bits per heavy atom. The molecule has 1 rings (SSSR count). The van der Waals surface area contributed by atoms with Crippen molar-refractivity contribution in [1.82, 2.24) is 0 Å². The van der Waals surface area contributed by atoms with E-state index in [1.54, 1.807) is 0 Å². The maximum atomic E-state index is 4.02. The summed E-state index contributed by atoms with van der Waals surface area (Å²) in [6.07, 6.45) is 0. The third kappa shape index (κ3) is 2.04. The van der Waals surface area contributed by atoms with Gasteiger partial charge in [0.15, 0.2) is 0 Å². The quantitative estimate of drug-likeness (QED) is 0.537. The first-order valence-electron chi connectivity index (χ1n) is 3.55. The smallest absolute Gasteiger partial charge is 0.129 e. The highest BCUT2D eigenvalue weighted by Crippen LogP contribution is 2.16. The van der Waals surface area contributed by atoms with E-state index in [0.717, 1.165) is 0 Å². The molecule has 1 aromatic rings. The van der Waals surface area contributed by atoms with Gasteiger partial charge in [0.1, 0.15) is 8.14 Å². The third-order valence-electron chi connectivity index (χ3n) is 1.69. The van der Waals surface area contributed by atoms with Crippen molar-refractivity contribution in [2.24, 2.45) is 0 Å². The van der Waals surface area contributed by atoms with Crippen molar-refractivity contribution in [1.29, 1.82) is 0 Å². The van der Waals surface area contributed by atoms with Gasteiger partial charge in [-0.15, -0.1) is 15.3 Å². The Kier molecular flexibility index (Phi) is 3.09. The molecule has 0 atom stereocenters. The zero-order valence-corrected chi connectivity index (χ0v) is 9.60. The van der Waals surface area contributed by atoms with Gasteiger partial charge in [-0.2, -0.15) is 0 Å². The van der Waals surface area contributed by atoms with Crippen LogP contribution in [0.5, 0.6) is 0 Å². The molecule has 0 aromatic heterocycles. The maximum Gasteiger partial charge on any atom is 0.130 e. The Balaban J connectivity index is 3.03. The summed E-state index contributed by atoms with van der Waals surface area (Å²) in [5.74, 6) is 0. The largest absolute Gasteiger partial charge is 0.130 e. The SMILES string of the molecule is C=C([SiH2]Br)c1ccccc1C. The van der Waals surface area contributed by atoms with Crippen molar-refractivity contribution in [2.45, 2.75) is 6.92 Å². The highest BCUT2D eigenvalue weighted by molar-refractivity contribution is 9.23. The van der Waals surface area contributed by atoms with Gasteiger partial charge in [0.25, 0.3) is 0 Å². The lowest BCUT2D eigenvalue weighted by Gasteiger charge is -2.04. The molecule has 0 spiro atoms. The zero-order chi connectivity index (χ0) is 8.27. The Labute approximate surface area is 77.7 Å². The molecule has 0 aliphatic heterocycles. The van der Waals surface area contributed by atoms with Crippen molar-refractivity contribution >= 4 is 28.6 Å². The molecule has 0 radical (unpaired) electrons. The van der Waals surface area contributed by atoms with Crippen LogP contribution in [-0.4, -0.2) is 8.14 Å². The van der Waals surface area contributed by atoms with Gasteiger partial charge in [-0.1, -0.05) is 36.0 Å². The summed E-state index contributed by atoms with van der Waals surface area (Å²) in [7, 11) is -0.263. The second-order valence-corrected chi connectivity index (χ2v) is 5.36. The van der Waals surface area contributed by atoms with E-state index in [4.69, 9.17) is 0 Å². The highest BCUT2D eigenvalue weighted by atomic mass is 79.9. The minimum Gasteiger partial charge on any atom is -0.129 e. The molecule has 0 nitrogen and oxygen atoms in total. The molecule has 0 saturated heterocycles. The standard InChI is InChI=1S/C9H11BrSi/c1-7-5-3-4-6-9(7)8(2)11-10/h3-6H,2,11H2,1H3. The molecular formula is C9H11BrSi. The minimum atomic E-state index is -0.263. The summed E-state index contributed by atoms with van der Waals surface area (Å²) in [5, 5.41) is 1.28. The van der Waals surface area contributed by atoms with Crippen LogP contribution in [0.4, 0.5) is 0 Å². The van der Waals surface area contributed by atoms with E-state index in [0.29, 0.717) is 0 Å². The van der Waals surface area contributed by atoms with E-state index in [1.807, 2.05) is 0 Å². The lowest BCUT2D eigenvalue weighted by atomic mass is 10.1. The lowest BCUT2D eigenvalue weighted by molar-refractivity contribution is 1.44. The van der Waals surface area contributed by atoms with E-state index in [2.05, 4.69) is 53.1 Å². The van der Waals surface area contributed by atoms with E-state index in [1.165, 1.54) is 16.3 Å². The van der Waals surface area contributed by atoms with Gasteiger partial charge in [0, 0.05) is 0 Å². The fourth-order valence-electron chi connectivity index (χ4n) is 1.04. The Hall–Kier alpha value is -0.343. The first kappa shape index (κ1) is 8.75. The Morgan fingerprint density at radius 2 is 2.09 bits per heavy atom. The van der Waals surface area contributed by atoms with Crippen LogP contribution in [0.1, 0.15) is 11.1 Å². The third-order valence-corrected chi connectivity index (χ3v) is 4.42.